The third-order valence-electron chi connectivity index (χ3n) is 2.59. The van der Waals surface area contributed by atoms with Gasteiger partial charge in [-0.1, -0.05) is 13.8 Å². The summed E-state index contributed by atoms with van der Waals surface area (Å²) in [5.74, 6) is -1.16. The van der Waals surface area contributed by atoms with E-state index in [4.69, 9.17) is 10.5 Å². The van der Waals surface area contributed by atoms with E-state index in [1.165, 1.54) is 6.07 Å². The van der Waals surface area contributed by atoms with Crippen LogP contribution in [0.15, 0.2) is 12.1 Å². The van der Waals surface area contributed by atoms with Gasteiger partial charge in [-0.25, -0.2) is 8.78 Å². The highest BCUT2D eigenvalue weighted by Crippen LogP contribution is 2.25. The van der Waals surface area contributed by atoms with E-state index in [1.54, 1.807) is 7.11 Å². The zero-order valence-electron chi connectivity index (χ0n) is 10.3. The Morgan fingerprint density at radius 1 is 1.35 bits per heavy atom. The molecule has 0 bridgehead atoms. The summed E-state index contributed by atoms with van der Waals surface area (Å²) in [6.45, 7) is 4.42. The average Bonchev–Trinajstić information content (AvgIpc) is 2.24. The van der Waals surface area contributed by atoms with E-state index >= 15 is 0 Å². The molecule has 1 unspecified atom stereocenters. The second kappa shape index (κ2) is 5.82. The Morgan fingerprint density at radius 2 is 2.00 bits per heavy atom. The van der Waals surface area contributed by atoms with E-state index in [0.29, 0.717) is 6.61 Å². The van der Waals surface area contributed by atoms with Crippen molar-refractivity contribution in [2.24, 2.45) is 5.92 Å². The molecule has 0 radical (unpaired) electrons. The van der Waals surface area contributed by atoms with Gasteiger partial charge >= 0.3 is 0 Å². The first-order valence-electron chi connectivity index (χ1n) is 5.45. The van der Waals surface area contributed by atoms with E-state index in [9.17, 15) is 8.78 Å². The summed E-state index contributed by atoms with van der Waals surface area (Å²) >= 11 is 0. The lowest BCUT2D eigenvalue weighted by atomic mass is 10.0. The smallest absolute Gasteiger partial charge is 0.151 e. The largest absolute Gasteiger partial charge is 0.395 e. The summed E-state index contributed by atoms with van der Waals surface area (Å²) < 4.78 is 31.4. The number of nitrogens with two attached hydrogens (primary N) is 1. The normalized spacial score (nSPS) is 12.8. The Bertz CT molecular complexity index is 383. The van der Waals surface area contributed by atoms with Crippen molar-refractivity contribution in [2.45, 2.75) is 19.9 Å². The lowest BCUT2D eigenvalue weighted by Crippen LogP contribution is -2.30. The highest BCUT2D eigenvalue weighted by molar-refractivity contribution is 5.67. The topological polar surface area (TPSA) is 47.3 Å². The van der Waals surface area contributed by atoms with Gasteiger partial charge in [-0.15, -0.1) is 0 Å². The van der Waals surface area contributed by atoms with Crippen LogP contribution in [-0.2, 0) is 4.74 Å². The molecule has 17 heavy (non-hydrogen) atoms. The van der Waals surface area contributed by atoms with Crippen LogP contribution in [0.5, 0.6) is 0 Å². The van der Waals surface area contributed by atoms with Gasteiger partial charge in [0.25, 0.3) is 0 Å². The molecule has 3 nitrogen and oxygen atoms in total. The number of benzene rings is 1. The Morgan fingerprint density at radius 3 is 2.53 bits per heavy atom. The predicted molar refractivity (Wildman–Crippen MR) is 64.9 cm³/mol. The lowest BCUT2D eigenvalue weighted by Gasteiger charge is -2.23. The monoisotopic (exact) mass is 244 g/mol. The van der Waals surface area contributed by atoms with Gasteiger partial charge in [0, 0.05) is 13.2 Å². The van der Waals surface area contributed by atoms with Crippen molar-refractivity contribution in [3.63, 3.8) is 0 Å². The Hall–Kier alpha value is -1.36. The van der Waals surface area contributed by atoms with Crippen LogP contribution >= 0.6 is 0 Å². The molecule has 0 spiro atoms. The molecule has 0 aliphatic carbocycles. The molecular weight excluding hydrogens is 226 g/mol. The van der Waals surface area contributed by atoms with Gasteiger partial charge in [0.15, 0.2) is 5.82 Å². The van der Waals surface area contributed by atoms with Crippen molar-refractivity contribution >= 4 is 11.4 Å². The maximum absolute atomic E-state index is 13.2. The predicted octanol–water partition coefficient (Wildman–Crippen LogP) is 2.63. The highest BCUT2D eigenvalue weighted by Gasteiger charge is 2.16. The summed E-state index contributed by atoms with van der Waals surface area (Å²) in [6, 6.07) is 1.90. The van der Waals surface area contributed by atoms with E-state index in [2.05, 4.69) is 5.32 Å². The Balaban J connectivity index is 2.92. The van der Waals surface area contributed by atoms with Crippen molar-refractivity contribution in [1.29, 1.82) is 0 Å². The van der Waals surface area contributed by atoms with Crippen LogP contribution in [0, 0.1) is 17.6 Å². The van der Waals surface area contributed by atoms with Gasteiger partial charge in [-0.3, -0.25) is 0 Å². The van der Waals surface area contributed by atoms with Crippen molar-refractivity contribution in [1.82, 2.24) is 0 Å². The molecular formula is C12H18F2N2O. The number of anilines is 2. The van der Waals surface area contributed by atoms with Gasteiger partial charge in [-0.2, -0.15) is 0 Å². The van der Waals surface area contributed by atoms with Crippen LogP contribution in [0.4, 0.5) is 20.2 Å². The number of nitrogen functional groups attached to an aromatic ring is 1. The summed E-state index contributed by atoms with van der Waals surface area (Å²) in [4.78, 5) is 0. The molecule has 1 atom stereocenters. The number of methoxy groups -OCH3 is 1. The minimum absolute atomic E-state index is 0.0523. The summed E-state index contributed by atoms with van der Waals surface area (Å²) in [6.07, 6.45) is 0. The molecule has 1 aromatic carbocycles. The van der Waals surface area contributed by atoms with Crippen molar-refractivity contribution in [3.8, 4) is 0 Å². The first kappa shape index (κ1) is 13.7. The minimum atomic E-state index is -0.757. The lowest BCUT2D eigenvalue weighted by molar-refractivity contribution is 0.171. The molecule has 0 aliphatic rings. The van der Waals surface area contributed by atoms with Crippen molar-refractivity contribution in [2.75, 3.05) is 24.8 Å². The first-order chi connectivity index (χ1) is 7.95. The molecule has 96 valence electrons. The van der Waals surface area contributed by atoms with Crippen LogP contribution in [0.3, 0.4) is 0 Å². The van der Waals surface area contributed by atoms with Gasteiger partial charge < -0.3 is 15.8 Å². The Labute approximate surface area is 100.0 Å². The molecule has 5 heteroatoms. The molecule has 1 aromatic rings. The van der Waals surface area contributed by atoms with Gasteiger partial charge in [0.05, 0.1) is 24.0 Å². The molecule has 0 amide bonds. The summed E-state index contributed by atoms with van der Waals surface area (Å²) in [7, 11) is 1.58. The number of hydrogen-bond acceptors (Lipinski definition) is 3. The number of ether oxygens (including phenoxy) is 1. The molecule has 0 heterocycles. The molecule has 0 aromatic heterocycles. The maximum Gasteiger partial charge on any atom is 0.151 e. The van der Waals surface area contributed by atoms with E-state index in [1.807, 2.05) is 13.8 Å². The molecule has 1 rings (SSSR count). The highest BCUT2D eigenvalue weighted by atomic mass is 19.1. The second-order valence-corrected chi connectivity index (χ2v) is 4.30. The fourth-order valence-corrected chi connectivity index (χ4v) is 1.48. The van der Waals surface area contributed by atoms with E-state index in [-0.39, 0.29) is 23.3 Å². The number of halogens is 2. The van der Waals surface area contributed by atoms with Crippen LogP contribution in [0.2, 0.25) is 0 Å². The van der Waals surface area contributed by atoms with Crippen molar-refractivity contribution < 1.29 is 13.5 Å². The number of rotatable bonds is 5. The van der Waals surface area contributed by atoms with Crippen LogP contribution in [-0.4, -0.2) is 19.8 Å². The molecule has 0 aliphatic heterocycles. The number of nitrogens with one attached hydrogen (secondary N) is 1. The zero-order valence-corrected chi connectivity index (χ0v) is 10.3. The average molecular weight is 244 g/mol. The standard InChI is InChI=1S/C12H18F2N2O/c1-7(2)11(6-17-3)16-10-5-8(13)4-9(14)12(10)15/h4-5,7,11,16H,6,15H2,1-3H3. The molecule has 3 N–H and O–H groups in total. The molecule has 0 fully saturated rings. The van der Waals surface area contributed by atoms with Crippen LogP contribution < -0.4 is 11.1 Å². The SMILES string of the molecule is COCC(Nc1cc(F)cc(F)c1N)C(C)C. The van der Waals surface area contributed by atoms with Crippen molar-refractivity contribution in [3.05, 3.63) is 23.8 Å². The van der Waals surface area contributed by atoms with Gasteiger partial charge in [-0.05, 0) is 12.0 Å². The molecule has 0 saturated heterocycles. The van der Waals surface area contributed by atoms with E-state index in [0.717, 1.165) is 6.07 Å². The summed E-state index contributed by atoms with van der Waals surface area (Å²) in [5, 5.41) is 3.00. The van der Waals surface area contributed by atoms with Gasteiger partial charge in [0.2, 0.25) is 0 Å². The van der Waals surface area contributed by atoms with Crippen LogP contribution in [0.1, 0.15) is 13.8 Å². The summed E-state index contributed by atoms with van der Waals surface area (Å²) in [5.41, 5.74) is 5.74. The molecule has 0 saturated carbocycles. The van der Waals surface area contributed by atoms with Crippen LogP contribution in [0.25, 0.3) is 0 Å². The quantitative estimate of drug-likeness (QED) is 0.783. The fraction of sp³-hybridized carbons (Fsp3) is 0.500. The first-order valence-corrected chi connectivity index (χ1v) is 5.45. The van der Waals surface area contributed by atoms with E-state index < -0.39 is 11.6 Å². The minimum Gasteiger partial charge on any atom is -0.395 e. The fourth-order valence-electron chi connectivity index (χ4n) is 1.48. The Kier molecular flexibility index (Phi) is 4.69. The van der Waals surface area contributed by atoms with Gasteiger partial charge in [0.1, 0.15) is 5.82 Å². The maximum atomic E-state index is 13.2. The second-order valence-electron chi connectivity index (χ2n) is 4.30. The zero-order chi connectivity index (χ0) is 13.0. The third-order valence-corrected chi connectivity index (χ3v) is 2.59. The number of hydrogen-bond donors (Lipinski definition) is 2. The third kappa shape index (κ3) is 3.56.